The number of hydrogen-bond acceptors (Lipinski definition) is 3. The molecule has 0 N–H and O–H groups in total. The summed E-state index contributed by atoms with van der Waals surface area (Å²) in [4.78, 5) is 8.77. The Morgan fingerprint density at radius 1 is 1.17 bits per heavy atom. The molecule has 0 amide bonds. The highest BCUT2D eigenvalue weighted by molar-refractivity contribution is 7.10. The largest absolute Gasteiger partial charge is 0.324 e. The molecule has 3 nitrogen and oxygen atoms in total. The number of hydrogen-bond donors (Lipinski definition) is 0. The van der Waals surface area contributed by atoms with Gasteiger partial charge in [0.2, 0.25) is 0 Å². The lowest BCUT2D eigenvalue weighted by atomic mass is 10.2. The number of aryl methyl sites for hydroxylation is 2. The van der Waals surface area contributed by atoms with Crippen LogP contribution in [-0.4, -0.2) is 27.5 Å². The molecule has 1 fully saturated rings. The predicted molar refractivity (Wildman–Crippen MR) is 100 cm³/mol. The number of thiophene rings is 1. The first kappa shape index (κ1) is 15.6. The van der Waals surface area contributed by atoms with E-state index in [1.807, 2.05) is 17.5 Å². The molecular weight excluding hydrogens is 314 g/mol. The Morgan fingerprint density at radius 2 is 2.00 bits per heavy atom. The van der Waals surface area contributed by atoms with Crippen LogP contribution in [0, 0.1) is 13.8 Å². The molecule has 124 valence electrons. The van der Waals surface area contributed by atoms with Gasteiger partial charge in [-0.2, -0.15) is 0 Å². The summed E-state index contributed by atoms with van der Waals surface area (Å²) < 4.78 is 2.44. The van der Waals surface area contributed by atoms with Gasteiger partial charge in [0.1, 0.15) is 5.82 Å². The van der Waals surface area contributed by atoms with Crippen molar-refractivity contribution in [2.45, 2.75) is 32.9 Å². The van der Waals surface area contributed by atoms with E-state index in [0.29, 0.717) is 6.04 Å². The van der Waals surface area contributed by atoms with E-state index in [1.165, 1.54) is 28.1 Å². The van der Waals surface area contributed by atoms with Crippen LogP contribution in [-0.2, 0) is 6.54 Å². The van der Waals surface area contributed by atoms with Gasteiger partial charge in [-0.3, -0.25) is 4.90 Å². The lowest BCUT2D eigenvalue weighted by Gasteiger charge is -2.19. The number of aromatic nitrogens is 2. The smallest absolute Gasteiger partial charge is 0.140 e. The summed E-state index contributed by atoms with van der Waals surface area (Å²) in [5, 5.41) is 2.20. The van der Waals surface area contributed by atoms with Gasteiger partial charge in [0.25, 0.3) is 0 Å². The Kier molecular flexibility index (Phi) is 4.25. The van der Waals surface area contributed by atoms with Crippen molar-refractivity contribution in [2.24, 2.45) is 0 Å². The fourth-order valence-electron chi connectivity index (χ4n) is 3.64. The Bertz CT molecular complexity index is 819. The van der Waals surface area contributed by atoms with Crippen molar-refractivity contribution >= 4 is 11.3 Å². The van der Waals surface area contributed by atoms with Crippen LogP contribution < -0.4 is 0 Å². The minimum absolute atomic E-state index is 0.517. The quantitative estimate of drug-likeness (QED) is 0.689. The summed E-state index contributed by atoms with van der Waals surface area (Å²) >= 11 is 1.88. The summed E-state index contributed by atoms with van der Waals surface area (Å²) in [5.74, 6) is 1.10. The molecule has 1 aliphatic rings. The van der Waals surface area contributed by atoms with E-state index in [-0.39, 0.29) is 0 Å². The fourth-order valence-corrected chi connectivity index (χ4v) is 4.59. The summed E-state index contributed by atoms with van der Waals surface area (Å²) in [7, 11) is 0. The molecule has 0 bridgehead atoms. The molecule has 1 unspecified atom stereocenters. The van der Waals surface area contributed by atoms with Crippen LogP contribution in [0.25, 0.3) is 11.4 Å². The molecule has 1 saturated heterocycles. The second kappa shape index (κ2) is 6.54. The minimum atomic E-state index is 0.517. The maximum atomic E-state index is 4.69. The molecule has 3 heterocycles. The highest BCUT2D eigenvalue weighted by Crippen LogP contribution is 2.31. The fraction of sp³-hybridized carbons (Fsp3) is 0.350. The van der Waals surface area contributed by atoms with Gasteiger partial charge in [-0.1, -0.05) is 30.3 Å². The van der Waals surface area contributed by atoms with Crippen molar-refractivity contribution < 1.29 is 0 Å². The van der Waals surface area contributed by atoms with Crippen molar-refractivity contribution in [2.75, 3.05) is 13.1 Å². The summed E-state index contributed by atoms with van der Waals surface area (Å²) in [6.07, 6.45) is 3.20. The molecule has 4 heteroatoms. The van der Waals surface area contributed by atoms with E-state index in [9.17, 15) is 0 Å². The second-order valence-electron chi connectivity index (χ2n) is 6.66. The van der Waals surface area contributed by atoms with Gasteiger partial charge < -0.3 is 4.57 Å². The molecular formula is C20H23N3S. The van der Waals surface area contributed by atoms with Gasteiger partial charge >= 0.3 is 0 Å². The lowest BCUT2D eigenvalue weighted by molar-refractivity contribution is 0.318. The normalized spacial score (nSPS) is 18.3. The Balaban J connectivity index is 1.55. The number of benzene rings is 1. The SMILES string of the molecule is Cc1ccsc1CN1CCC(n2c(C)cnc2-c2ccccc2)C1. The third-order valence-electron chi connectivity index (χ3n) is 4.96. The van der Waals surface area contributed by atoms with Crippen molar-refractivity contribution in [1.29, 1.82) is 0 Å². The van der Waals surface area contributed by atoms with E-state index < -0.39 is 0 Å². The van der Waals surface area contributed by atoms with E-state index >= 15 is 0 Å². The zero-order valence-corrected chi connectivity index (χ0v) is 15.1. The third kappa shape index (κ3) is 2.92. The van der Waals surface area contributed by atoms with E-state index in [1.54, 1.807) is 0 Å². The first-order valence-corrected chi connectivity index (χ1v) is 9.45. The molecule has 24 heavy (non-hydrogen) atoms. The van der Waals surface area contributed by atoms with Gasteiger partial charge in [0, 0.05) is 48.0 Å². The van der Waals surface area contributed by atoms with Gasteiger partial charge in [-0.15, -0.1) is 11.3 Å². The molecule has 3 aromatic rings. The number of rotatable bonds is 4. The van der Waals surface area contributed by atoms with Crippen LogP contribution in [0.5, 0.6) is 0 Å². The van der Waals surface area contributed by atoms with E-state index in [4.69, 9.17) is 4.98 Å². The molecule has 0 radical (unpaired) electrons. The topological polar surface area (TPSA) is 21.1 Å². The monoisotopic (exact) mass is 337 g/mol. The molecule has 0 saturated carbocycles. The Hall–Kier alpha value is -1.91. The zero-order chi connectivity index (χ0) is 16.5. The Morgan fingerprint density at radius 3 is 2.75 bits per heavy atom. The Labute approximate surface area is 147 Å². The van der Waals surface area contributed by atoms with Crippen molar-refractivity contribution in [1.82, 2.24) is 14.5 Å². The van der Waals surface area contributed by atoms with Crippen LogP contribution in [0.4, 0.5) is 0 Å². The zero-order valence-electron chi connectivity index (χ0n) is 14.3. The maximum absolute atomic E-state index is 4.69. The first-order chi connectivity index (χ1) is 11.7. The highest BCUT2D eigenvalue weighted by atomic mass is 32.1. The summed E-state index contributed by atoms with van der Waals surface area (Å²) in [6.45, 7) is 7.73. The van der Waals surface area contributed by atoms with Crippen LogP contribution >= 0.6 is 11.3 Å². The van der Waals surface area contributed by atoms with Crippen LogP contribution in [0.2, 0.25) is 0 Å². The van der Waals surface area contributed by atoms with Gasteiger partial charge in [-0.25, -0.2) is 4.98 Å². The summed E-state index contributed by atoms with van der Waals surface area (Å²) in [6, 6.07) is 13.3. The number of likely N-dealkylation sites (tertiary alicyclic amines) is 1. The van der Waals surface area contributed by atoms with Gasteiger partial charge in [0.15, 0.2) is 0 Å². The second-order valence-corrected chi connectivity index (χ2v) is 7.66. The molecule has 4 rings (SSSR count). The van der Waals surface area contributed by atoms with Crippen molar-refractivity contribution in [3.8, 4) is 11.4 Å². The standard InChI is InChI=1S/C20H23N3S/c1-15-9-11-24-19(15)14-22-10-8-18(13-22)23-16(2)12-21-20(23)17-6-4-3-5-7-17/h3-7,9,11-12,18H,8,10,13-14H2,1-2H3. The highest BCUT2D eigenvalue weighted by Gasteiger charge is 2.27. The van der Waals surface area contributed by atoms with Crippen LogP contribution in [0.15, 0.2) is 48.0 Å². The molecule has 2 aromatic heterocycles. The molecule has 1 aliphatic heterocycles. The minimum Gasteiger partial charge on any atom is -0.324 e. The molecule has 0 spiro atoms. The third-order valence-corrected chi connectivity index (χ3v) is 5.97. The maximum Gasteiger partial charge on any atom is 0.140 e. The van der Waals surface area contributed by atoms with Crippen LogP contribution in [0.3, 0.4) is 0 Å². The number of nitrogens with zero attached hydrogens (tertiary/aromatic N) is 3. The molecule has 1 atom stereocenters. The summed E-state index contributed by atoms with van der Waals surface area (Å²) in [5.41, 5.74) is 3.89. The first-order valence-electron chi connectivity index (χ1n) is 8.57. The van der Waals surface area contributed by atoms with E-state index in [2.05, 4.69) is 65.1 Å². The molecule has 1 aromatic carbocycles. The van der Waals surface area contributed by atoms with E-state index in [0.717, 1.165) is 25.5 Å². The predicted octanol–water partition coefficient (Wildman–Crippen LogP) is 4.68. The van der Waals surface area contributed by atoms with Gasteiger partial charge in [0.05, 0.1) is 0 Å². The van der Waals surface area contributed by atoms with Crippen molar-refractivity contribution in [3.05, 3.63) is 64.1 Å². The average Bonchev–Trinajstić information content (AvgIpc) is 3.30. The average molecular weight is 337 g/mol. The van der Waals surface area contributed by atoms with Crippen molar-refractivity contribution in [3.63, 3.8) is 0 Å². The molecule has 0 aliphatic carbocycles. The number of imidazole rings is 1. The lowest BCUT2D eigenvalue weighted by Crippen LogP contribution is -2.21. The van der Waals surface area contributed by atoms with Gasteiger partial charge in [-0.05, 0) is 37.3 Å². The van der Waals surface area contributed by atoms with Crippen LogP contribution in [0.1, 0.15) is 28.6 Å².